The molecule has 8 heteroatoms. The minimum Gasteiger partial charge on any atom is -0.491 e. The Morgan fingerprint density at radius 2 is 2.00 bits per heavy atom. The molecule has 0 radical (unpaired) electrons. The monoisotopic (exact) mass is 432 g/mol. The van der Waals surface area contributed by atoms with Gasteiger partial charge in [0.1, 0.15) is 12.4 Å². The lowest BCUT2D eigenvalue weighted by atomic mass is 10.0. The van der Waals surface area contributed by atoms with Gasteiger partial charge in [0.15, 0.2) is 0 Å². The van der Waals surface area contributed by atoms with Gasteiger partial charge < -0.3 is 30.3 Å². The number of nitrogens with zero attached hydrogens (tertiary/aromatic N) is 1. The lowest BCUT2D eigenvalue weighted by molar-refractivity contribution is 0.0281. The Morgan fingerprint density at radius 3 is 2.71 bits per heavy atom. The Kier molecular flexibility index (Phi) is 8.15. The summed E-state index contributed by atoms with van der Waals surface area (Å²) in [5, 5.41) is 9.34. The van der Waals surface area contributed by atoms with Gasteiger partial charge in [-0.1, -0.05) is 19.8 Å². The van der Waals surface area contributed by atoms with E-state index in [9.17, 15) is 9.59 Å². The Hall–Kier alpha value is -2.32. The van der Waals surface area contributed by atoms with Crippen molar-refractivity contribution in [3.63, 3.8) is 0 Å². The van der Waals surface area contributed by atoms with E-state index in [2.05, 4.69) is 29.8 Å². The highest BCUT2D eigenvalue weighted by molar-refractivity contribution is 5.99. The first-order chi connectivity index (χ1) is 14.9. The van der Waals surface area contributed by atoms with Crippen molar-refractivity contribution in [2.75, 3.05) is 39.2 Å². The molecular formula is C23H36N4O4. The maximum Gasteiger partial charge on any atom is 0.319 e. The topological polar surface area (TPSA) is 91.9 Å². The number of carbonyl (C=O) groups is 2. The summed E-state index contributed by atoms with van der Waals surface area (Å²) < 4.78 is 11.6. The maximum atomic E-state index is 13.3. The molecule has 1 heterocycles. The van der Waals surface area contributed by atoms with E-state index in [1.165, 1.54) is 0 Å². The summed E-state index contributed by atoms with van der Waals surface area (Å²) in [7, 11) is 3.44. The number of ether oxygens (including phenoxy) is 2. The number of amides is 3. The third kappa shape index (κ3) is 6.33. The van der Waals surface area contributed by atoms with Gasteiger partial charge in [0.25, 0.3) is 5.91 Å². The van der Waals surface area contributed by atoms with E-state index in [4.69, 9.17) is 9.47 Å². The number of carbonyl (C=O) groups excluding carboxylic acids is 2. The average molecular weight is 433 g/mol. The molecule has 1 fully saturated rings. The van der Waals surface area contributed by atoms with E-state index in [1.807, 2.05) is 0 Å². The van der Waals surface area contributed by atoms with Gasteiger partial charge >= 0.3 is 6.03 Å². The first-order valence-electron chi connectivity index (χ1n) is 11.2. The molecule has 1 aliphatic carbocycles. The fourth-order valence-corrected chi connectivity index (χ4v) is 4.16. The molecule has 3 N–H and O–H groups in total. The zero-order valence-electron chi connectivity index (χ0n) is 19.1. The van der Waals surface area contributed by atoms with Gasteiger partial charge in [-0.05, 0) is 43.9 Å². The van der Waals surface area contributed by atoms with E-state index in [0.717, 1.165) is 32.2 Å². The van der Waals surface area contributed by atoms with Crippen LogP contribution in [0.25, 0.3) is 0 Å². The molecule has 2 aliphatic rings. The fraction of sp³-hybridized carbons (Fsp3) is 0.652. The molecule has 0 saturated heterocycles. The summed E-state index contributed by atoms with van der Waals surface area (Å²) in [4.78, 5) is 27.3. The van der Waals surface area contributed by atoms with Crippen LogP contribution in [0.2, 0.25) is 0 Å². The third-order valence-corrected chi connectivity index (χ3v) is 6.17. The summed E-state index contributed by atoms with van der Waals surface area (Å²) in [6, 6.07) is 5.31. The number of rotatable bonds is 3. The van der Waals surface area contributed by atoms with E-state index in [1.54, 1.807) is 37.3 Å². The fourth-order valence-electron chi connectivity index (χ4n) is 4.16. The van der Waals surface area contributed by atoms with Crippen molar-refractivity contribution in [3.05, 3.63) is 23.8 Å². The highest BCUT2D eigenvalue weighted by Gasteiger charge is 2.26. The van der Waals surface area contributed by atoms with E-state index >= 15 is 0 Å². The van der Waals surface area contributed by atoms with Crippen molar-refractivity contribution in [1.29, 1.82) is 0 Å². The summed E-state index contributed by atoms with van der Waals surface area (Å²) >= 11 is 0. The Labute approximate surface area is 185 Å². The number of likely N-dealkylation sites (N-methyl/N-ethyl adjacent to an activating group) is 1. The molecule has 1 aromatic carbocycles. The average Bonchev–Trinajstić information content (AvgIpc) is 3.26. The quantitative estimate of drug-likeness (QED) is 0.683. The molecule has 3 rings (SSSR count). The van der Waals surface area contributed by atoms with Crippen molar-refractivity contribution >= 4 is 17.6 Å². The molecule has 172 valence electrons. The standard InChI is InChI=1S/C23H36N4O4/c1-15-12-24-16(2)14-31-20-10-9-18(26-23(29)25-17-7-5-6-8-17)11-19(20)22(28)27(3)13-21(15)30-4/h9-11,15-17,21,24H,5-8,12-14H2,1-4H3,(H2,25,26,29)/t15-,16-,21+/m1/s1. The second-order valence-electron chi connectivity index (χ2n) is 8.85. The Bertz CT molecular complexity index is 766. The summed E-state index contributed by atoms with van der Waals surface area (Å²) in [5.74, 6) is 0.578. The van der Waals surface area contributed by atoms with Gasteiger partial charge in [-0.2, -0.15) is 0 Å². The van der Waals surface area contributed by atoms with Gasteiger partial charge in [-0.25, -0.2) is 4.79 Å². The number of methoxy groups -OCH3 is 1. The van der Waals surface area contributed by atoms with Crippen LogP contribution in [0.1, 0.15) is 49.9 Å². The van der Waals surface area contributed by atoms with Gasteiger partial charge in [-0.3, -0.25) is 4.79 Å². The molecule has 3 amide bonds. The van der Waals surface area contributed by atoms with Crippen molar-refractivity contribution < 1.29 is 19.1 Å². The number of anilines is 1. The summed E-state index contributed by atoms with van der Waals surface area (Å²) in [5.41, 5.74) is 0.992. The van der Waals surface area contributed by atoms with Crippen LogP contribution >= 0.6 is 0 Å². The number of hydrogen-bond acceptors (Lipinski definition) is 5. The number of nitrogens with one attached hydrogen (secondary N) is 3. The van der Waals surface area contributed by atoms with Crippen LogP contribution in [0.4, 0.5) is 10.5 Å². The Morgan fingerprint density at radius 1 is 1.26 bits per heavy atom. The van der Waals surface area contributed by atoms with Gasteiger partial charge in [0, 0.05) is 45.0 Å². The van der Waals surface area contributed by atoms with E-state index in [0.29, 0.717) is 30.2 Å². The van der Waals surface area contributed by atoms with Crippen LogP contribution in [0.3, 0.4) is 0 Å². The normalized spacial score (nSPS) is 25.7. The zero-order chi connectivity index (χ0) is 22.4. The maximum absolute atomic E-state index is 13.3. The smallest absolute Gasteiger partial charge is 0.319 e. The predicted octanol–water partition coefficient (Wildman–Crippen LogP) is 2.84. The van der Waals surface area contributed by atoms with Crippen molar-refractivity contribution in [2.45, 2.75) is 57.7 Å². The largest absolute Gasteiger partial charge is 0.491 e. The van der Waals surface area contributed by atoms with Crippen molar-refractivity contribution in [2.24, 2.45) is 5.92 Å². The molecule has 1 aliphatic heterocycles. The molecule has 3 atom stereocenters. The van der Waals surface area contributed by atoms with Gasteiger partial charge in [-0.15, -0.1) is 0 Å². The van der Waals surface area contributed by atoms with Crippen LogP contribution in [0.5, 0.6) is 5.75 Å². The molecular weight excluding hydrogens is 396 g/mol. The van der Waals surface area contributed by atoms with Crippen LogP contribution in [-0.2, 0) is 4.74 Å². The summed E-state index contributed by atoms with van der Waals surface area (Å²) in [6.45, 7) is 5.83. The highest BCUT2D eigenvalue weighted by atomic mass is 16.5. The first-order valence-corrected chi connectivity index (χ1v) is 11.2. The lowest BCUT2D eigenvalue weighted by Gasteiger charge is -2.30. The minimum absolute atomic E-state index is 0.0871. The highest BCUT2D eigenvalue weighted by Crippen LogP contribution is 2.26. The first kappa shape index (κ1) is 23.3. The van der Waals surface area contributed by atoms with Crippen molar-refractivity contribution in [1.82, 2.24) is 15.5 Å². The van der Waals surface area contributed by atoms with Gasteiger partial charge in [0.2, 0.25) is 0 Å². The van der Waals surface area contributed by atoms with E-state index in [-0.39, 0.29) is 36.0 Å². The number of benzene rings is 1. The number of hydrogen-bond donors (Lipinski definition) is 3. The SMILES string of the molecule is CO[C@H]1CN(C)C(=O)c2cc(NC(=O)NC3CCCC3)ccc2OC[C@@H](C)NC[C@H]1C. The predicted molar refractivity (Wildman–Crippen MR) is 121 cm³/mol. The molecule has 31 heavy (non-hydrogen) atoms. The third-order valence-electron chi connectivity index (χ3n) is 6.17. The Balaban J connectivity index is 1.80. The molecule has 0 spiro atoms. The number of fused-ring (bicyclic) bond motifs is 1. The molecule has 1 aromatic rings. The second-order valence-corrected chi connectivity index (χ2v) is 8.85. The molecule has 8 nitrogen and oxygen atoms in total. The molecule has 0 aromatic heterocycles. The molecule has 1 saturated carbocycles. The van der Waals surface area contributed by atoms with Crippen LogP contribution in [-0.4, -0.2) is 68.9 Å². The van der Waals surface area contributed by atoms with Crippen molar-refractivity contribution in [3.8, 4) is 5.75 Å². The van der Waals surface area contributed by atoms with E-state index < -0.39 is 0 Å². The summed E-state index contributed by atoms with van der Waals surface area (Å²) in [6.07, 6.45) is 4.24. The molecule has 0 unspecified atom stereocenters. The van der Waals surface area contributed by atoms with Gasteiger partial charge in [0.05, 0.1) is 11.7 Å². The zero-order valence-corrected chi connectivity index (χ0v) is 19.1. The van der Waals surface area contributed by atoms with Crippen LogP contribution in [0, 0.1) is 5.92 Å². The second kappa shape index (κ2) is 10.8. The number of urea groups is 1. The lowest BCUT2D eigenvalue weighted by Crippen LogP contribution is -2.44. The minimum atomic E-state index is -0.243. The van der Waals surface area contributed by atoms with Crippen LogP contribution in [0.15, 0.2) is 18.2 Å². The molecule has 0 bridgehead atoms. The van der Waals surface area contributed by atoms with Crippen LogP contribution < -0.4 is 20.7 Å².